The molecule has 0 radical (unpaired) electrons. The maximum Gasteiger partial charge on any atom is 0.411 e. The van der Waals surface area contributed by atoms with Gasteiger partial charge in [0.2, 0.25) is 0 Å². The van der Waals surface area contributed by atoms with Crippen LogP contribution in [0.1, 0.15) is 12.0 Å². The minimum Gasteiger partial charge on any atom is -0.449 e. The minimum absolute atomic E-state index is 0.111. The number of nitrogens with zero attached hydrogens (tertiary/aromatic N) is 3. The Hall–Kier alpha value is -3.63. The molecule has 1 aliphatic rings. The zero-order chi connectivity index (χ0) is 24.6. The van der Waals surface area contributed by atoms with E-state index < -0.39 is 17.7 Å². The molecule has 1 fully saturated rings. The summed E-state index contributed by atoms with van der Waals surface area (Å²) in [5, 5.41) is 10.2. The van der Waals surface area contributed by atoms with Crippen LogP contribution in [0.2, 0.25) is 0 Å². The SMILES string of the molecule is O=C(Nc1cccc(Cn2nc(-c3cc(F)cc(F)c3)ccc2=O)c1)OCCCN1CCNCC1. The Labute approximate surface area is 201 Å². The number of aromatic nitrogens is 2. The van der Waals surface area contributed by atoms with Crippen LogP contribution in [-0.4, -0.2) is 60.1 Å². The first-order chi connectivity index (χ1) is 17.0. The molecule has 2 aromatic carbocycles. The second-order valence-electron chi connectivity index (χ2n) is 8.28. The van der Waals surface area contributed by atoms with Gasteiger partial charge in [0.1, 0.15) is 11.6 Å². The van der Waals surface area contributed by atoms with Crippen molar-refractivity contribution in [3.63, 3.8) is 0 Å². The number of carbonyl (C=O) groups is 1. The fourth-order valence-corrected chi connectivity index (χ4v) is 3.88. The van der Waals surface area contributed by atoms with Gasteiger partial charge in [-0.25, -0.2) is 18.3 Å². The summed E-state index contributed by atoms with van der Waals surface area (Å²) in [6, 6.07) is 12.8. The number of amides is 1. The molecule has 184 valence electrons. The van der Waals surface area contributed by atoms with Crippen molar-refractivity contribution in [3.8, 4) is 11.3 Å². The molecular formula is C25H27F2N5O3. The first-order valence-electron chi connectivity index (χ1n) is 11.5. The summed E-state index contributed by atoms with van der Waals surface area (Å²) in [6.07, 6.45) is 0.209. The zero-order valence-corrected chi connectivity index (χ0v) is 19.2. The van der Waals surface area contributed by atoms with Crippen LogP contribution in [0.4, 0.5) is 19.3 Å². The van der Waals surface area contributed by atoms with E-state index in [1.807, 2.05) is 0 Å². The first-order valence-corrected chi connectivity index (χ1v) is 11.5. The third kappa shape index (κ3) is 7.17. The van der Waals surface area contributed by atoms with Gasteiger partial charge < -0.3 is 15.0 Å². The Kier molecular flexibility index (Phi) is 8.17. The summed E-state index contributed by atoms with van der Waals surface area (Å²) < 4.78 is 33.7. The lowest BCUT2D eigenvalue weighted by Crippen LogP contribution is -2.43. The standard InChI is InChI=1S/C25H27F2N5O3/c26-20-14-19(15-21(27)16-20)23-5-6-24(33)32(30-23)17-18-3-1-4-22(13-18)29-25(34)35-12-2-9-31-10-7-28-8-11-31/h1,3-6,13-16,28H,2,7-12,17H2,(H,29,34). The molecule has 1 aromatic heterocycles. The highest BCUT2D eigenvalue weighted by molar-refractivity contribution is 5.84. The number of benzene rings is 2. The molecule has 10 heteroatoms. The van der Waals surface area contributed by atoms with Gasteiger partial charge in [0.25, 0.3) is 5.56 Å². The van der Waals surface area contributed by atoms with Crippen LogP contribution in [0.3, 0.4) is 0 Å². The Morgan fingerprint density at radius 1 is 1.06 bits per heavy atom. The van der Waals surface area contributed by atoms with Crippen LogP contribution in [0.25, 0.3) is 11.3 Å². The lowest BCUT2D eigenvalue weighted by Gasteiger charge is -2.26. The number of hydrogen-bond acceptors (Lipinski definition) is 6. The van der Waals surface area contributed by atoms with Crippen molar-refractivity contribution in [2.24, 2.45) is 0 Å². The highest BCUT2D eigenvalue weighted by Gasteiger charge is 2.11. The third-order valence-corrected chi connectivity index (χ3v) is 5.59. The molecule has 0 atom stereocenters. The summed E-state index contributed by atoms with van der Waals surface area (Å²) in [7, 11) is 0. The molecule has 3 aromatic rings. The summed E-state index contributed by atoms with van der Waals surface area (Å²) in [6.45, 7) is 5.27. The Bertz CT molecular complexity index is 1210. The van der Waals surface area contributed by atoms with Gasteiger partial charge in [0.05, 0.1) is 18.8 Å². The third-order valence-electron chi connectivity index (χ3n) is 5.59. The van der Waals surface area contributed by atoms with E-state index in [2.05, 4.69) is 20.6 Å². The molecule has 0 saturated carbocycles. The van der Waals surface area contributed by atoms with Crippen molar-refractivity contribution in [1.82, 2.24) is 20.0 Å². The zero-order valence-electron chi connectivity index (χ0n) is 19.2. The van der Waals surface area contributed by atoms with Crippen molar-refractivity contribution in [2.75, 3.05) is 44.6 Å². The molecule has 8 nitrogen and oxygen atoms in total. The monoisotopic (exact) mass is 483 g/mol. The number of halogens is 2. The number of piperazine rings is 1. The first kappa shape index (κ1) is 24.5. The molecule has 1 amide bonds. The van der Waals surface area contributed by atoms with Crippen molar-refractivity contribution in [1.29, 1.82) is 0 Å². The molecular weight excluding hydrogens is 456 g/mol. The Morgan fingerprint density at radius 3 is 2.60 bits per heavy atom. The van der Waals surface area contributed by atoms with Crippen molar-refractivity contribution >= 4 is 11.8 Å². The maximum atomic E-state index is 13.6. The van der Waals surface area contributed by atoms with Crippen LogP contribution in [0, 0.1) is 11.6 Å². The molecule has 4 rings (SSSR count). The molecule has 0 spiro atoms. The second-order valence-corrected chi connectivity index (χ2v) is 8.28. The van der Waals surface area contributed by atoms with E-state index >= 15 is 0 Å². The van der Waals surface area contributed by atoms with E-state index in [4.69, 9.17) is 4.74 Å². The number of hydrogen-bond donors (Lipinski definition) is 2. The van der Waals surface area contributed by atoms with Crippen molar-refractivity contribution in [2.45, 2.75) is 13.0 Å². The largest absolute Gasteiger partial charge is 0.449 e. The van der Waals surface area contributed by atoms with E-state index in [-0.39, 0.29) is 23.4 Å². The predicted octanol–water partition coefficient (Wildman–Crippen LogP) is 3.08. The van der Waals surface area contributed by atoms with Crippen LogP contribution in [0.15, 0.2) is 59.4 Å². The molecule has 1 aliphatic heterocycles. The number of carbonyl (C=O) groups excluding carboxylic acids is 1. The Balaban J connectivity index is 1.35. The lowest BCUT2D eigenvalue weighted by molar-refractivity contribution is 0.149. The summed E-state index contributed by atoms with van der Waals surface area (Å²) >= 11 is 0. The fourth-order valence-electron chi connectivity index (χ4n) is 3.88. The van der Waals surface area contributed by atoms with Gasteiger partial charge in [0, 0.05) is 56.1 Å². The predicted molar refractivity (Wildman–Crippen MR) is 128 cm³/mol. The van der Waals surface area contributed by atoms with Crippen LogP contribution >= 0.6 is 0 Å². The normalized spacial score (nSPS) is 14.0. The van der Waals surface area contributed by atoms with E-state index in [1.54, 1.807) is 24.3 Å². The van der Waals surface area contributed by atoms with E-state index in [0.29, 0.717) is 17.9 Å². The molecule has 2 heterocycles. The fraction of sp³-hybridized carbons (Fsp3) is 0.320. The van der Waals surface area contributed by atoms with Crippen molar-refractivity contribution in [3.05, 3.63) is 82.1 Å². The minimum atomic E-state index is -0.728. The quantitative estimate of drug-likeness (QED) is 0.479. The maximum absolute atomic E-state index is 13.6. The summed E-state index contributed by atoms with van der Waals surface area (Å²) in [4.78, 5) is 26.8. The van der Waals surface area contributed by atoms with Gasteiger partial charge in [-0.1, -0.05) is 12.1 Å². The van der Waals surface area contributed by atoms with Gasteiger partial charge in [-0.05, 0) is 42.3 Å². The molecule has 2 N–H and O–H groups in total. The van der Waals surface area contributed by atoms with E-state index in [9.17, 15) is 18.4 Å². The summed E-state index contributed by atoms with van der Waals surface area (Å²) in [5.74, 6) is -1.46. The number of rotatable bonds is 8. The van der Waals surface area contributed by atoms with Gasteiger partial charge in [0.15, 0.2) is 0 Å². The van der Waals surface area contributed by atoms with Crippen LogP contribution in [-0.2, 0) is 11.3 Å². The van der Waals surface area contributed by atoms with Gasteiger partial charge >= 0.3 is 6.09 Å². The van der Waals surface area contributed by atoms with Gasteiger partial charge in [-0.15, -0.1) is 0 Å². The second kappa shape index (κ2) is 11.7. The topological polar surface area (TPSA) is 88.5 Å². The molecule has 35 heavy (non-hydrogen) atoms. The lowest BCUT2D eigenvalue weighted by atomic mass is 10.1. The average molecular weight is 484 g/mol. The molecule has 0 unspecified atom stereocenters. The molecule has 1 saturated heterocycles. The van der Waals surface area contributed by atoms with Gasteiger partial charge in [-0.2, -0.15) is 5.10 Å². The number of ether oxygens (including phenoxy) is 1. The van der Waals surface area contributed by atoms with Crippen molar-refractivity contribution < 1.29 is 18.3 Å². The number of anilines is 1. The summed E-state index contributed by atoms with van der Waals surface area (Å²) in [5.41, 5.74) is 1.35. The average Bonchev–Trinajstić information content (AvgIpc) is 2.83. The molecule has 0 bridgehead atoms. The highest BCUT2D eigenvalue weighted by atomic mass is 19.1. The highest BCUT2D eigenvalue weighted by Crippen LogP contribution is 2.19. The smallest absolute Gasteiger partial charge is 0.411 e. The van der Waals surface area contributed by atoms with E-state index in [0.717, 1.165) is 57.3 Å². The number of nitrogens with one attached hydrogen (secondary N) is 2. The van der Waals surface area contributed by atoms with E-state index in [1.165, 1.54) is 16.8 Å². The van der Waals surface area contributed by atoms with Crippen LogP contribution in [0.5, 0.6) is 0 Å². The molecule has 0 aliphatic carbocycles. The Morgan fingerprint density at radius 2 is 1.83 bits per heavy atom. The van der Waals surface area contributed by atoms with Crippen LogP contribution < -0.4 is 16.2 Å². The van der Waals surface area contributed by atoms with Gasteiger partial charge in [-0.3, -0.25) is 10.1 Å².